The van der Waals surface area contributed by atoms with Gasteiger partial charge in [0.15, 0.2) is 0 Å². The van der Waals surface area contributed by atoms with Gasteiger partial charge in [-0.25, -0.2) is 4.39 Å². The number of hydrogen-bond acceptors (Lipinski definition) is 2. The number of benzene rings is 3. The van der Waals surface area contributed by atoms with Crippen molar-refractivity contribution in [2.24, 2.45) is 0 Å². The summed E-state index contributed by atoms with van der Waals surface area (Å²) in [4.78, 5) is 0. The predicted molar refractivity (Wildman–Crippen MR) is 92.8 cm³/mol. The zero-order chi connectivity index (χ0) is 16.6. The molecule has 3 aromatic carbocycles. The summed E-state index contributed by atoms with van der Waals surface area (Å²) in [6, 6.07) is 24.3. The fourth-order valence-corrected chi connectivity index (χ4v) is 2.35. The highest BCUT2D eigenvalue weighted by molar-refractivity contribution is 5.31. The SMILES string of the molecule is Fc1ccccc1CCOc1ccc(OCc2ccccc2)cc1. The highest BCUT2D eigenvalue weighted by Crippen LogP contribution is 2.19. The van der Waals surface area contributed by atoms with Crippen LogP contribution in [-0.2, 0) is 13.0 Å². The van der Waals surface area contributed by atoms with Gasteiger partial charge in [0.1, 0.15) is 23.9 Å². The molecule has 0 amide bonds. The number of hydrogen-bond donors (Lipinski definition) is 0. The van der Waals surface area contributed by atoms with Crippen molar-refractivity contribution in [3.8, 4) is 11.5 Å². The zero-order valence-corrected chi connectivity index (χ0v) is 13.3. The number of ether oxygens (including phenoxy) is 2. The summed E-state index contributed by atoms with van der Waals surface area (Å²) in [5.74, 6) is 1.35. The molecule has 0 aliphatic heterocycles. The van der Waals surface area contributed by atoms with Crippen molar-refractivity contribution in [2.75, 3.05) is 6.61 Å². The van der Waals surface area contributed by atoms with E-state index in [2.05, 4.69) is 0 Å². The Balaban J connectivity index is 1.47. The van der Waals surface area contributed by atoms with E-state index in [-0.39, 0.29) is 5.82 Å². The third-order valence-corrected chi connectivity index (χ3v) is 3.67. The molecule has 122 valence electrons. The molecule has 0 unspecified atom stereocenters. The Hall–Kier alpha value is -2.81. The summed E-state index contributed by atoms with van der Waals surface area (Å²) in [6.07, 6.45) is 0.541. The summed E-state index contributed by atoms with van der Waals surface area (Å²) in [7, 11) is 0. The molecular weight excluding hydrogens is 303 g/mol. The largest absolute Gasteiger partial charge is 0.493 e. The van der Waals surface area contributed by atoms with Crippen molar-refractivity contribution in [2.45, 2.75) is 13.0 Å². The molecule has 0 heterocycles. The average Bonchev–Trinajstić information content (AvgIpc) is 2.63. The quantitative estimate of drug-likeness (QED) is 0.607. The van der Waals surface area contributed by atoms with Gasteiger partial charge in [-0.3, -0.25) is 0 Å². The molecule has 0 aliphatic rings. The molecule has 0 aliphatic carbocycles. The van der Waals surface area contributed by atoms with Gasteiger partial charge in [0.2, 0.25) is 0 Å². The van der Waals surface area contributed by atoms with E-state index in [1.165, 1.54) is 6.07 Å². The molecule has 0 fully saturated rings. The van der Waals surface area contributed by atoms with Gasteiger partial charge >= 0.3 is 0 Å². The van der Waals surface area contributed by atoms with Crippen LogP contribution < -0.4 is 9.47 Å². The Morgan fingerprint density at radius 3 is 2.00 bits per heavy atom. The van der Waals surface area contributed by atoms with Gasteiger partial charge in [0.25, 0.3) is 0 Å². The van der Waals surface area contributed by atoms with Gasteiger partial charge in [-0.1, -0.05) is 48.5 Å². The Kier molecular flexibility index (Phi) is 5.46. The molecule has 3 aromatic rings. The smallest absolute Gasteiger partial charge is 0.126 e. The maximum absolute atomic E-state index is 13.5. The highest BCUT2D eigenvalue weighted by Gasteiger charge is 2.02. The van der Waals surface area contributed by atoms with Crippen LogP contribution in [0.5, 0.6) is 11.5 Å². The van der Waals surface area contributed by atoms with Gasteiger partial charge in [-0.15, -0.1) is 0 Å². The van der Waals surface area contributed by atoms with E-state index in [0.29, 0.717) is 25.2 Å². The van der Waals surface area contributed by atoms with E-state index in [9.17, 15) is 4.39 Å². The van der Waals surface area contributed by atoms with Crippen molar-refractivity contribution in [1.82, 2.24) is 0 Å². The van der Waals surface area contributed by atoms with Gasteiger partial charge in [-0.05, 0) is 41.5 Å². The van der Waals surface area contributed by atoms with Crippen LogP contribution in [0.15, 0.2) is 78.9 Å². The summed E-state index contributed by atoms with van der Waals surface area (Å²) >= 11 is 0. The summed E-state index contributed by atoms with van der Waals surface area (Å²) < 4.78 is 24.9. The topological polar surface area (TPSA) is 18.5 Å². The van der Waals surface area contributed by atoms with E-state index >= 15 is 0 Å². The van der Waals surface area contributed by atoms with Gasteiger partial charge in [-0.2, -0.15) is 0 Å². The lowest BCUT2D eigenvalue weighted by Gasteiger charge is -2.09. The molecule has 0 aromatic heterocycles. The van der Waals surface area contributed by atoms with Crippen LogP contribution in [0, 0.1) is 5.82 Å². The summed E-state index contributed by atoms with van der Waals surface area (Å²) in [5, 5.41) is 0. The predicted octanol–water partition coefficient (Wildman–Crippen LogP) is 5.03. The fraction of sp³-hybridized carbons (Fsp3) is 0.143. The second-order valence-electron chi connectivity index (χ2n) is 5.44. The minimum absolute atomic E-state index is 0.189. The van der Waals surface area contributed by atoms with E-state index in [0.717, 1.165) is 17.1 Å². The molecule has 3 heteroatoms. The van der Waals surface area contributed by atoms with Gasteiger partial charge in [0, 0.05) is 6.42 Å². The summed E-state index contributed by atoms with van der Waals surface area (Å²) in [6.45, 7) is 0.972. The Bertz CT molecular complexity index is 754. The lowest BCUT2D eigenvalue weighted by Crippen LogP contribution is -2.03. The molecule has 24 heavy (non-hydrogen) atoms. The normalized spacial score (nSPS) is 10.4. The molecule has 0 atom stereocenters. The molecule has 0 saturated heterocycles. The van der Waals surface area contributed by atoms with Gasteiger partial charge in [0.05, 0.1) is 6.61 Å². The van der Waals surface area contributed by atoms with Crippen LogP contribution in [0.25, 0.3) is 0 Å². The first kappa shape index (κ1) is 16.1. The molecular formula is C21H19FO2. The molecule has 0 radical (unpaired) electrons. The maximum Gasteiger partial charge on any atom is 0.126 e. The Morgan fingerprint density at radius 2 is 1.29 bits per heavy atom. The number of rotatable bonds is 7. The highest BCUT2D eigenvalue weighted by atomic mass is 19.1. The first-order valence-electron chi connectivity index (χ1n) is 7.94. The zero-order valence-electron chi connectivity index (χ0n) is 13.3. The van der Waals surface area contributed by atoms with E-state index in [1.54, 1.807) is 12.1 Å². The molecule has 0 N–H and O–H groups in total. The van der Waals surface area contributed by atoms with Crippen molar-refractivity contribution < 1.29 is 13.9 Å². The van der Waals surface area contributed by atoms with E-state index in [1.807, 2.05) is 60.7 Å². The first-order chi connectivity index (χ1) is 11.8. The second-order valence-corrected chi connectivity index (χ2v) is 5.44. The van der Waals surface area contributed by atoms with Crippen LogP contribution in [-0.4, -0.2) is 6.61 Å². The summed E-state index contributed by atoms with van der Waals surface area (Å²) in [5.41, 5.74) is 1.79. The van der Waals surface area contributed by atoms with E-state index < -0.39 is 0 Å². The third kappa shape index (κ3) is 4.59. The lowest BCUT2D eigenvalue weighted by molar-refractivity contribution is 0.302. The van der Waals surface area contributed by atoms with Crippen LogP contribution in [0.3, 0.4) is 0 Å². The standard InChI is InChI=1S/C21H19FO2/c22-21-9-5-4-8-18(21)14-15-23-19-10-12-20(13-11-19)24-16-17-6-2-1-3-7-17/h1-13H,14-16H2. The van der Waals surface area contributed by atoms with E-state index in [4.69, 9.17) is 9.47 Å². The second kappa shape index (κ2) is 8.16. The molecule has 0 saturated carbocycles. The maximum atomic E-state index is 13.5. The average molecular weight is 322 g/mol. The molecule has 3 rings (SSSR count). The minimum atomic E-state index is -0.189. The van der Waals surface area contributed by atoms with Crippen LogP contribution in [0.4, 0.5) is 4.39 Å². The van der Waals surface area contributed by atoms with Crippen molar-refractivity contribution >= 4 is 0 Å². The monoisotopic (exact) mass is 322 g/mol. The Morgan fingerprint density at radius 1 is 0.667 bits per heavy atom. The van der Waals surface area contributed by atoms with Crippen molar-refractivity contribution in [1.29, 1.82) is 0 Å². The third-order valence-electron chi connectivity index (χ3n) is 3.67. The minimum Gasteiger partial charge on any atom is -0.493 e. The number of halogens is 1. The molecule has 2 nitrogen and oxygen atoms in total. The fourth-order valence-electron chi connectivity index (χ4n) is 2.35. The van der Waals surface area contributed by atoms with Crippen LogP contribution in [0.2, 0.25) is 0 Å². The van der Waals surface area contributed by atoms with Crippen molar-refractivity contribution in [3.05, 3.63) is 95.8 Å². The lowest BCUT2D eigenvalue weighted by atomic mass is 10.1. The van der Waals surface area contributed by atoms with Crippen LogP contribution in [0.1, 0.15) is 11.1 Å². The molecule has 0 bridgehead atoms. The first-order valence-corrected chi connectivity index (χ1v) is 7.94. The Labute approximate surface area is 141 Å². The van der Waals surface area contributed by atoms with Gasteiger partial charge < -0.3 is 9.47 Å². The molecule has 0 spiro atoms. The van der Waals surface area contributed by atoms with Crippen LogP contribution >= 0.6 is 0 Å². The van der Waals surface area contributed by atoms with Crippen molar-refractivity contribution in [3.63, 3.8) is 0 Å².